The first kappa shape index (κ1) is 14.9. The van der Waals surface area contributed by atoms with E-state index < -0.39 is 5.97 Å². The summed E-state index contributed by atoms with van der Waals surface area (Å²) >= 11 is 0. The molecule has 0 aromatic heterocycles. The fourth-order valence-electron chi connectivity index (χ4n) is 2.48. The van der Waals surface area contributed by atoms with E-state index in [1.807, 2.05) is 0 Å². The van der Waals surface area contributed by atoms with Crippen LogP contribution in [0.4, 0.5) is 0 Å². The molecule has 1 saturated carbocycles. The van der Waals surface area contributed by atoms with Crippen molar-refractivity contribution < 1.29 is 14.6 Å². The molecule has 1 N–H and O–H groups in total. The van der Waals surface area contributed by atoms with Crippen molar-refractivity contribution in [3.05, 3.63) is 28.8 Å². The molecule has 0 spiro atoms. The van der Waals surface area contributed by atoms with Crippen LogP contribution >= 0.6 is 0 Å². The number of carbonyl (C=O) groups is 1. The lowest BCUT2D eigenvalue weighted by atomic mass is 9.86. The topological polar surface area (TPSA) is 46.5 Å². The number of rotatable bonds is 7. The molecule has 0 aliphatic heterocycles. The van der Waals surface area contributed by atoms with Crippen LogP contribution in [0.3, 0.4) is 0 Å². The maximum absolute atomic E-state index is 10.6. The number of carboxylic acid groups (broad SMARTS) is 1. The van der Waals surface area contributed by atoms with E-state index in [2.05, 4.69) is 26.0 Å². The van der Waals surface area contributed by atoms with Crippen LogP contribution in [-0.2, 0) is 11.2 Å². The van der Waals surface area contributed by atoms with Crippen molar-refractivity contribution in [1.29, 1.82) is 0 Å². The second-order valence-corrected chi connectivity index (χ2v) is 5.90. The zero-order valence-electron chi connectivity index (χ0n) is 12.4. The highest BCUT2D eigenvalue weighted by Gasteiger charge is 2.18. The third-order valence-corrected chi connectivity index (χ3v) is 4.21. The van der Waals surface area contributed by atoms with Crippen molar-refractivity contribution in [3.63, 3.8) is 0 Å². The summed E-state index contributed by atoms with van der Waals surface area (Å²) in [6, 6.07) is 4.25. The van der Waals surface area contributed by atoms with Crippen LogP contribution in [0.15, 0.2) is 12.1 Å². The van der Waals surface area contributed by atoms with Gasteiger partial charge in [-0.3, -0.25) is 4.79 Å². The lowest BCUT2D eigenvalue weighted by Crippen LogP contribution is -2.19. The van der Waals surface area contributed by atoms with Gasteiger partial charge in [0.2, 0.25) is 0 Å². The normalized spacial score (nSPS) is 14.9. The summed E-state index contributed by atoms with van der Waals surface area (Å²) < 4.78 is 5.99. The van der Waals surface area contributed by atoms with Crippen LogP contribution in [-0.4, -0.2) is 17.7 Å². The Kier molecular flexibility index (Phi) is 5.05. The van der Waals surface area contributed by atoms with E-state index in [0.717, 1.165) is 24.3 Å². The van der Waals surface area contributed by atoms with Gasteiger partial charge in [-0.2, -0.15) is 0 Å². The minimum Gasteiger partial charge on any atom is -0.493 e. The Hall–Kier alpha value is -1.51. The largest absolute Gasteiger partial charge is 0.493 e. The van der Waals surface area contributed by atoms with Gasteiger partial charge in [0, 0.05) is 6.42 Å². The monoisotopic (exact) mass is 276 g/mol. The SMILES string of the molecule is Cc1cc(CCCC(=O)O)c(OCC2CCC2)cc1C. The van der Waals surface area contributed by atoms with E-state index in [-0.39, 0.29) is 6.42 Å². The van der Waals surface area contributed by atoms with Gasteiger partial charge in [0.25, 0.3) is 0 Å². The number of hydrogen-bond acceptors (Lipinski definition) is 2. The molecule has 1 fully saturated rings. The Morgan fingerprint density at radius 3 is 2.60 bits per heavy atom. The summed E-state index contributed by atoms with van der Waals surface area (Å²) in [7, 11) is 0. The molecule has 0 unspecified atom stereocenters. The molecule has 3 nitrogen and oxygen atoms in total. The lowest BCUT2D eigenvalue weighted by molar-refractivity contribution is -0.137. The molecule has 1 aliphatic rings. The van der Waals surface area contributed by atoms with Crippen LogP contribution in [0, 0.1) is 19.8 Å². The second kappa shape index (κ2) is 6.78. The van der Waals surface area contributed by atoms with Gasteiger partial charge in [-0.05, 0) is 68.2 Å². The van der Waals surface area contributed by atoms with Gasteiger partial charge in [-0.1, -0.05) is 12.5 Å². The number of aliphatic carboxylic acids is 1. The summed E-state index contributed by atoms with van der Waals surface area (Å²) in [5, 5.41) is 8.74. The van der Waals surface area contributed by atoms with Crippen LogP contribution < -0.4 is 4.74 Å². The van der Waals surface area contributed by atoms with Gasteiger partial charge < -0.3 is 9.84 Å². The van der Waals surface area contributed by atoms with Crippen molar-refractivity contribution in [1.82, 2.24) is 0 Å². The maximum atomic E-state index is 10.6. The van der Waals surface area contributed by atoms with Crippen LogP contribution in [0.5, 0.6) is 5.75 Å². The molecular weight excluding hydrogens is 252 g/mol. The Morgan fingerprint density at radius 1 is 1.30 bits per heavy atom. The highest BCUT2D eigenvalue weighted by molar-refractivity contribution is 5.66. The number of ether oxygens (including phenoxy) is 1. The molecule has 2 rings (SSSR count). The first-order valence-corrected chi connectivity index (χ1v) is 7.51. The van der Waals surface area contributed by atoms with E-state index in [9.17, 15) is 4.79 Å². The van der Waals surface area contributed by atoms with Gasteiger partial charge in [0.05, 0.1) is 6.61 Å². The Bertz CT molecular complexity index is 475. The standard InChI is InChI=1S/C17H24O3/c1-12-9-15(7-4-8-17(18)19)16(10-13(12)2)20-11-14-5-3-6-14/h9-10,14H,3-8,11H2,1-2H3,(H,18,19). The maximum Gasteiger partial charge on any atom is 0.303 e. The first-order chi connectivity index (χ1) is 9.56. The molecule has 0 radical (unpaired) electrons. The van der Waals surface area contributed by atoms with Crippen molar-refractivity contribution in [2.24, 2.45) is 5.92 Å². The van der Waals surface area contributed by atoms with Crippen LogP contribution in [0.25, 0.3) is 0 Å². The molecule has 3 heteroatoms. The summed E-state index contributed by atoms with van der Waals surface area (Å²) in [5.41, 5.74) is 3.62. The van der Waals surface area contributed by atoms with E-state index >= 15 is 0 Å². The molecule has 1 aromatic carbocycles. The van der Waals surface area contributed by atoms with Gasteiger partial charge in [-0.25, -0.2) is 0 Å². The first-order valence-electron chi connectivity index (χ1n) is 7.51. The predicted molar refractivity (Wildman–Crippen MR) is 79.3 cm³/mol. The molecule has 0 saturated heterocycles. The smallest absolute Gasteiger partial charge is 0.303 e. The van der Waals surface area contributed by atoms with E-state index in [0.29, 0.717) is 12.3 Å². The van der Waals surface area contributed by atoms with Gasteiger partial charge in [-0.15, -0.1) is 0 Å². The fourth-order valence-corrected chi connectivity index (χ4v) is 2.48. The number of benzene rings is 1. The minimum atomic E-state index is -0.731. The molecule has 0 heterocycles. The predicted octanol–water partition coefficient (Wildman–Crippen LogP) is 3.89. The Labute approximate surface area is 121 Å². The third-order valence-electron chi connectivity index (χ3n) is 4.21. The average molecular weight is 276 g/mol. The van der Waals surface area contributed by atoms with Gasteiger partial charge in [0.1, 0.15) is 5.75 Å². The Balaban J connectivity index is 2.01. The number of hydrogen-bond donors (Lipinski definition) is 1. The van der Waals surface area contributed by atoms with E-state index in [4.69, 9.17) is 9.84 Å². The fraction of sp³-hybridized carbons (Fsp3) is 0.588. The molecule has 0 amide bonds. The minimum absolute atomic E-state index is 0.217. The van der Waals surface area contributed by atoms with Crippen LogP contribution in [0.1, 0.15) is 48.8 Å². The molecule has 1 aromatic rings. The summed E-state index contributed by atoms with van der Waals surface area (Å²) in [6.45, 7) is 4.98. The second-order valence-electron chi connectivity index (χ2n) is 5.90. The van der Waals surface area contributed by atoms with Crippen molar-refractivity contribution in [2.45, 2.75) is 52.4 Å². The molecular formula is C17H24O3. The highest BCUT2D eigenvalue weighted by atomic mass is 16.5. The molecule has 0 bridgehead atoms. The van der Waals surface area contributed by atoms with Crippen molar-refractivity contribution in [2.75, 3.05) is 6.61 Å². The number of carboxylic acids is 1. The molecule has 110 valence electrons. The molecule has 1 aliphatic carbocycles. The van der Waals surface area contributed by atoms with Gasteiger partial charge in [0.15, 0.2) is 0 Å². The molecule has 0 atom stereocenters. The lowest BCUT2D eigenvalue weighted by Gasteiger charge is -2.26. The van der Waals surface area contributed by atoms with Crippen LogP contribution in [0.2, 0.25) is 0 Å². The third kappa shape index (κ3) is 3.99. The van der Waals surface area contributed by atoms with Crippen molar-refractivity contribution >= 4 is 5.97 Å². The Morgan fingerprint density at radius 2 is 2.00 bits per heavy atom. The summed E-state index contributed by atoms with van der Waals surface area (Å²) in [6.07, 6.45) is 5.53. The summed E-state index contributed by atoms with van der Waals surface area (Å²) in [5.74, 6) is 0.930. The van der Waals surface area contributed by atoms with E-state index in [1.54, 1.807) is 0 Å². The zero-order chi connectivity index (χ0) is 14.5. The zero-order valence-corrected chi connectivity index (χ0v) is 12.4. The average Bonchev–Trinajstić information content (AvgIpc) is 2.32. The number of aryl methyl sites for hydroxylation is 3. The summed E-state index contributed by atoms with van der Waals surface area (Å²) in [4.78, 5) is 10.6. The molecule has 20 heavy (non-hydrogen) atoms. The highest BCUT2D eigenvalue weighted by Crippen LogP contribution is 2.30. The quantitative estimate of drug-likeness (QED) is 0.821. The van der Waals surface area contributed by atoms with Gasteiger partial charge >= 0.3 is 5.97 Å². The van der Waals surface area contributed by atoms with Crippen molar-refractivity contribution in [3.8, 4) is 5.75 Å². The van der Waals surface area contributed by atoms with E-state index in [1.165, 1.54) is 30.4 Å².